The average molecular weight is 357 g/mol. The molecule has 0 spiro atoms. The van der Waals surface area contributed by atoms with E-state index in [-0.39, 0.29) is 44.0 Å². The summed E-state index contributed by atoms with van der Waals surface area (Å²) >= 11 is 0. The van der Waals surface area contributed by atoms with Gasteiger partial charge in [-0.1, -0.05) is 30.0 Å². The van der Waals surface area contributed by atoms with E-state index in [0.29, 0.717) is 5.70 Å². The van der Waals surface area contributed by atoms with Crippen molar-refractivity contribution in [1.29, 1.82) is 0 Å². The maximum Gasteiger partial charge on any atom is 0.256 e. The number of rotatable bonds is 3. The topological polar surface area (TPSA) is 3.24 Å². The average Bonchev–Trinajstić information content (AvgIpc) is 2.30. The number of halogens is 4. The summed E-state index contributed by atoms with van der Waals surface area (Å²) in [6.45, 7) is 3.02. The number of nitrogens with zero attached hydrogens (tertiary/aromatic N) is 1. The number of hydrogen-bond donors (Lipinski definition) is 0. The zero-order chi connectivity index (χ0) is 14.0. The van der Waals surface area contributed by atoms with Crippen LogP contribution >= 0.6 is 0 Å². The molecule has 1 heterocycles. The molecule has 2 rings (SSSR count). The zero-order valence-corrected chi connectivity index (χ0v) is 13.3. The summed E-state index contributed by atoms with van der Waals surface area (Å²) in [6, 6.07) is 2.85. The van der Waals surface area contributed by atoms with E-state index in [4.69, 9.17) is 0 Å². The molecular weight excluding hydrogens is 347 g/mol. The second-order valence-electron chi connectivity index (χ2n) is 3.98. The summed E-state index contributed by atoms with van der Waals surface area (Å²) < 4.78 is 51.5. The quantitative estimate of drug-likeness (QED) is 0.588. The minimum Gasteiger partial charge on any atom is -0.370 e. The van der Waals surface area contributed by atoms with E-state index in [1.54, 1.807) is 0 Å². The number of benzene rings is 1. The summed E-state index contributed by atoms with van der Waals surface area (Å²) in [7, 11) is 0. The molecule has 0 bridgehead atoms. The Bertz CT molecular complexity index is 546. The molecule has 103 valence electrons. The third kappa shape index (κ3) is 4.03. The molecule has 0 saturated carbocycles. The molecule has 0 fully saturated rings. The van der Waals surface area contributed by atoms with Crippen LogP contribution in [0.1, 0.15) is 5.56 Å². The predicted octanol–water partition coefficient (Wildman–Crippen LogP) is 3.76. The largest absolute Gasteiger partial charge is 0.370 e. The Hall–Kier alpha value is -0.936. The Morgan fingerprint density at radius 2 is 1.75 bits per heavy atom. The van der Waals surface area contributed by atoms with Gasteiger partial charge in [-0.25, -0.2) is 17.6 Å². The van der Waals surface area contributed by atoms with Gasteiger partial charge in [-0.05, 0) is 5.70 Å². The molecule has 0 aliphatic carbocycles. The standard InChI is InChI=1S/C14H10F4N.Y/c1-9-3-2-4-13(19(9)8-14(17)18)10-5-11(15)7-12(16)6-10;/h2-3,5-7,14H,1,8H2;/q-1;. The molecule has 6 heteroatoms. The van der Waals surface area contributed by atoms with E-state index in [1.165, 1.54) is 17.1 Å². The van der Waals surface area contributed by atoms with Gasteiger partial charge in [-0.2, -0.15) is 12.2 Å². The third-order valence-corrected chi connectivity index (χ3v) is 2.57. The maximum absolute atomic E-state index is 13.2. The van der Waals surface area contributed by atoms with Gasteiger partial charge < -0.3 is 4.90 Å². The fourth-order valence-corrected chi connectivity index (χ4v) is 1.80. The van der Waals surface area contributed by atoms with Gasteiger partial charge in [-0.3, -0.25) is 0 Å². The van der Waals surface area contributed by atoms with Crippen molar-refractivity contribution >= 4 is 5.70 Å². The Kier molecular flexibility index (Phi) is 6.15. The first-order valence-electron chi connectivity index (χ1n) is 5.48. The Balaban J connectivity index is 0.00000200. The summed E-state index contributed by atoms with van der Waals surface area (Å²) in [4.78, 5) is 1.18. The van der Waals surface area contributed by atoms with Crippen molar-refractivity contribution in [1.82, 2.24) is 4.90 Å². The fourth-order valence-electron chi connectivity index (χ4n) is 1.80. The molecule has 1 nitrogen and oxygen atoms in total. The second kappa shape index (κ2) is 7.18. The molecule has 0 unspecified atom stereocenters. The summed E-state index contributed by atoms with van der Waals surface area (Å²) in [5.41, 5.74) is 0.633. The van der Waals surface area contributed by atoms with Crippen LogP contribution in [-0.4, -0.2) is 17.9 Å². The first kappa shape index (κ1) is 17.1. The summed E-state index contributed by atoms with van der Waals surface area (Å²) in [5.74, 6) is -1.55. The molecule has 1 aliphatic rings. The van der Waals surface area contributed by atoms with Gasteiger partial charge in [0.05, 0.1) is 6.54 Å². The van der Waals surface area contributed by atoms with Gasteiger partial charge in [0.15, 0.2) is 0 Å². The van der Waals surface area contributed by atoms with Gasteiger partial charge in [0, 0.05) is 38.8 Å². The molecule has 0 aromatic heterocycles. The van der Waals surface area contributed by atoms with E-state index in [0.717, 1.165) is 18.2 Å². The minimum absolute atomic E-state index is 0. The van der Waals surface area contributed by atoms with Gasteiger partial charge in [-0.15, -0.1) is 6.08 Å². The van der Waals surface area contributed by atoms with Crippen LogP contribution in [0.25, 0.3) is 5.70 Å². The Labute approximate surface area is 139 Å². The number of hydrogen-bond acceptors (Lipinski definition) is 1. The van der Waals surface area contributed by atoms with Crippen molar-refractivity contribution in [2.24, 2.45) is 0 Å². The van der Waals surface area contributed by atoms with Crippen molar-refractivity contribution in [2.45, 2.75) is 6.43 Å². The van der Waals surface area contributed by atoms with Crippen molar-refractivity contribution in [2.75, 3.05) is 6.54 Å². The molecule has 1 aromatic carbocycles. The van der Waals surface area contributed by atoms with Crippen LogP contribution in [0.3, 0.4) is 0 Å². The molecule has 0 atom stereocenters. The van der Waals surface area contributed by atoms with Crippen LogP contribution in [0.4, 0.5) is 17.6 Å². The van der Waals surface area contributed by atoms with E-state index in [1.807, 2.05) is 0 Å². The predicted molar refractivity (Wildman–Crippen MR) is 64.0 cm³/mol. The molecular formula is C14H10F4NY-. The van der Waals surface area contributed by atoms with Crippen molar-refractivity contribution in [3.05, 3.63) is 65.9 Å². The molecule has 20 heavy (non-hydrogen) atoms. The fraction of sp³-hybridized carbons (Fsp3) is 0.143. The zero-order valence-electron chi connectivity index (χ0n) is 10.4. The monoisotopic (exact) mass is 357 g/mol. The van der Waals surface area contributed by atoms with E-state index in [9.17, 15) is 17.6 Å². The van der Waals surface area contributed by atoms with Crippen LogP contribution in [0.5, 0.6) is 0 Å². The Morgan fingerprint density at radius 1 is 1.15 bits per heavy atom. The number of alkyl halides is 2. The molecule has 0 amide bonds. The smallest absolute Gasteiger partial charge is 0.256 e. The van der Waals surface area contributed by atoms with E-state index in [2.05, 4.69) is 12.7 Å². The summed E-state index contributed by atoms with van der Waals surface area (Å²) in [6.07, 6.45) is 3.09. The van der Waals surface area contributed by atoms with Gasteiger partial charge >= 0.3 is 0 Å². The Morgan fingerprint density at radius 3 is 2.30 bits per heavy atom. The van der Waals surface area contributed by atoms with Crippen LogP contribution in [0.2, 0.25) is 0 Å². The molecule has 0 saturated heterocycles. The van der Waals surface area contributed by atoms with Crippen molar-refractivity contribution in [3.63, 3.8) is 0 Å². The first-order chi connectivity index (χ1) is 8.97. The van der Waals surface area contributed by atoms with Crippen molar-refractivity contribution in [3.8, 4) is 0 Å². The molecule has 1 aliphatic heterocycles. The van der Waals surface area contributed by atoms with Crippen LogP contribution in [-0.2, 0) is 32.7 Å². The number of allylic oxidation sites excluding steroid dienone is 3. The van der Waals surface area contributed by atoms with E-state index < -0.39 is 24.6 Å². The van der Waals surface area contributed by atoms with Crippen LogP contribution in [0.15, 0.2) is 42.6 Å². The normalized spacial score (nSPS) is 14.3. The van der Waals surface area contributed by atoms with E-state index >= 15 is 0 Å². The minimum atomic E-state index is -2.60. The first-order valence-corrected chi connectivity index (χ1v) is 5.48. The molecule has 1 radical (unpaired) electrons. The second-order valence-corrected chi connectivity index (χ2v) is 3.98. The van der Waals surface area contributed by atoms with Crippen LogP contribution < -0.4 is 0 Å². The van der Waals surface area contributed by atoms with Gasteiger partial charge in [0.2, 0.25) is 0 Å². The van der Waals surface area contributed by atoms with Crippen molar-refractivity contribution < 1.29 is 50.3 Å². The summed E-state index contributed by atoms with van der Waals surface area (Å²) in [5, 5.41) is 0. The maximum atomic E-state index is 13.2. The van der Waals surface area contributed by atoms with Gasteiger partial charge in [0.25, 0.3) is 6.43 Å². The molecule has 1 aromatic rings. The SMILES string of the molecule is C=C1C=C[C-]=C(c2cc(F)cc(F)c2)N1CC(F)F.[Y]. The van der Waals surface area contributed by atoms with Crippen LogP contribution in [0, 0.1) is 17.7 Å². The molecule has 0 N–H and O–H groups in total. The third-order valence-electron chi connectivity index (χ3n) is 2.57. The van der Waals surface area contributed by atoms with Gasteiger partial charge in [0.1, 0.15) is 11.6 Å².